The van der Waals surface area contributed by atoms with Crippen molar-refractivity contribution in [3.8, 4) is 0 Å². The Hall–Kier alpha value is -1.53. The molecule has 2 aromatic rings. The van der Waals surface area contributed by atoms with Gasteiger partial charge in [-0.3, -0.25) is 0 Å². The highest BCUT2D eigenvalue weighted by Gasteiger charge is 2.13. The third kappa shape index (κ3) is 3.77. The van der Waals surface area contributed by atoms with E-state index in [4.69, 9.17) is 10.9 Å². The predicted molar refractivity (Wildman–Crippen MR) is 92.5 cm³/mol. The maximum Gasteiger partial charge on any atom is 0.171 e. The van der Waals surface area contributed by atoms with Gasteiger partial charge in [0.2, 0.25) is 0 Å². The highest BCUT2D eigenvalue weighted by Crippen LogP contribution is 2.25. The van der Waals surface area contributed by atoms with E-state index < -0.39 is 0 Å². The second kappa shape index (κ2) is 6.95. The smallest absolute Gasteiger partial charge is 0.171 e. The molecule has 0 bridgehead atoms. The summed E-state index contributed by atoms with van der Waals surface area (Å²) < 4.78 is 0.811. The minimum atomic E-state index is 0.0997. The number of hydrogen-bond acceptors (Lipinski definition) is 4. The molecule has 4 nitrogen and oxygen atoms in total. The zero-order valence-corrected chi connectivity index (χ0v) is 14.4. The van der Waals surface area contributed by atoms with Gasteiger partial charge in [-0.15, -0.1) is 11.3 Å². The molecule has 1 aromatic heterocycles. The third-order valence-corrected chi connectivity index (χ3v) is 5.04. The van der Waals surface area contributed by atoms with Crippen molar-refractivity contribution in [2.24, 2.45) is 10.9 Å². The number of nitrogens with zero attached hydrogens (tertiary/aromatic N) is 2. The lowest BCUT2D eigenvalue weighted by atomic mass is 10.1. The fourth-order valence-corrected chi connectivity index (χ4v) is 3.49. The second-order valence-electron chi connectivity index (χ2n) is 4.89. The van der Waals surface area contributed by atoms with Gasteiger partial charge in [0.1, 0.15) is 0 Å². The zero-order valence-electron chi connectivity index (χ0n) is 12.0. The van der Waals surface area contributed by atoms with Crippen molar-refractivity contribution in [2.45, 2.75) is 19.4 Å². The van der Waals surface area contributed by atoms with E-state index >= 15 is 0 Å². The molecule has 0 saturated carbocycles. The number of thiophene rings is 1. The molecule has 0 aliphatic heterocycles. The van der Waals surface area contributed by atoms with Crippen molar-refractivity contribution in [3.63, 3.8) is 0 Å². The van der Waals surface area contributed by atoms with Crippen LogP contribution in [0.15, 0.2) is 45.3 Å². The lowest BCUT2D eigenvalue weighted by Gasteiger charge is -2.27. The minimum absolute atomic E-state index is 0.0997. The first-order valence-electron chi connectivity index (χ1n) is 6.55. The number of likely N-dealkylation sites (N-methyl/N-ethyl adjacent to an activating group) is 1. The van der Waals surface area contributed by atoms with Crippen LogP contribution in [-0.2, 0) is 6.42 Å². The summed E-state index contributed by atoms with van der Waals surface area (Å²) in [6.07, 6.45) is 1.01. The van der Waals surface area contributed by atoms with Crippen molar-refractivity contribution in [3.05, 3.63) is 50.6 Å². The van der Waals surface area contributed by atoms with Crippen LogP contribution < -0.4 is 10.6 Å². The molecule has 112 valence electrons. The fraction of sp³-hybridized carbons (Fsp3) is 0.267. The normalized spacial score (nSPS) is 13.2. The molecule has 2 rings (SSSR count). The Balaban J connectivity index is 2.15. The number of halogens is 1. The highest BCUT2D eigenvalue weighted by molar-refractivity contribution is 9.10. The van der Waals surface area contributed by atoms with Gasteiger partial charge < -0.3 is 15.8 Å². The number of oxime groups is 1. The molecule has 0 aliphatic rings. The van der Waals surface area contributed by atoms with E-state index in [0.29, 0.717) is 11.6 Å². The van der Waals surface area contributed by atoms with Crippen LogP contribution in [0.25, 0.3) is 0 Å². The quantitative estimate of drug-likeness (QED) is 0.366. The molecule has 6 heteroatoms. The van der Waals surface area contributed by atoms with Gasteiger partial charge in [-0.1, -0.05) is 11.2 Å². The first-order valence-corrected chi connectivity index (χ1v) is 8.23. The van der Waals surface area contributed by atoms with Crippen LogP contribution in [0.5, 0.6) is 0 Å². The Morgan fingerprint density at radius 1 is 1.48 bits per heavy atom. The Kier molecular flexibility index (Phi) is 5.25. The Morgan fingerprint density at radius 3 is 2.81 bits per heavy atom. The summed E-state index contributed by atoms with van der Waals surface area (Å²) in [6.45, 7) is 2.20. The molecule has 0 aliphatic carbocycles. The summed E-state index contributed by atoms with van der Waals surface area (Å²) in [7, 11) is 2.07. The van der Waals surface area contributed by atoms with Crippen LogP contribution in [0.3, 0.4) is 0 Å². The summed E-state index contributed by atoms with van der Waals surface area (Å²) in [6, 6.07) is 10.4. The topological polar surface area (TPSA) is 61.8 Å². The lowest BCUT2D eigenvalue weighted by Crippen LogP contribution is -2.30. The van der Waals surface area contributed by atoms with Gasteiger partial charge in [-0.2, -0.15) is 0 Å². The zero-order chi connectivity index (χ0) is 15.4. The van der Waals surface area contributed by atoms with Crippen LogP contribution in [0.1, 0.15) is 17.4 Å². The first-order chi connectivity index (χ1) is 10.0. The van der Waals surface area contributed by atoms with E-state index in [9.17, 15) is 0 Å². The van der Waals surface area contributed by atoms with Gasteiger partial charge in [-0.25, -0.2) is 0 Å². The first kappa shape index (κ1) is 15.9. The lowest BCUT2D eigenvalue weighted by molar-refractivity contribution is 0.318. The summed E-state index contributed by atoms with van der Waals surface area (Å²) in [4.78, 5) is 3.60. The van der Waals surface area contributed by atoms with Gasteiger partial charge in [0, 0.05) is 40.1 Å². The van der Waals surface area contributed by atoms with E-state index in [1.54, 1.807) is 11.3 Å². The van der Waals surface area contributed by atoms with E-state index in [-0.39, 0.29) is 5.84 Å². The van der Waals surface area contributed by atoms with Crippen molar-refractivity contribution in [2.75, 3.05) is 11.9 Å². The van der Waals surface area contributed by atoms with Gasteiger partial charge in [-0.05, 0) is 52.5 Å². The van der Waals surface area contributed by atoms with E-state index in [1.807, 2.05) is 18.2 Å². The Morgan fingerprint density at radius 2 is 2.24 bits per heavy atom. The number of benzene rings is 1. The van der Waals surface area contributed by atoms with Crippen molar-refractivity contribution < 1.29 is 5.21 Å². The molecule has 0 spiro atoms. The molecule has 0 fully saturated rings. The molecule has 0 radical (unpaired) electrons. The van der Waals surface area contributed by atoms with E-state index in [0.717, 1.165) is 16.6 Å². The number of amidine groups is 1. The summed E-state index contributed by atoms with van der Waals surface area (Å²) in [5.41, 5.74) is 7.39. The van der Waals surface area contributed by atoms with Crippen LogP contribution in [0.2, 0.25) is 0 Å². The molecular formula is C15H18BrN3OS. The summed E-state index contributed by atoms with van der Waals surface area (Å²) in [5, 5.41) is 13.9. The van der Waals surface area contributed by atoms with Gasteiger partial charge in [0.05, 0.1) is 0 Å². The number of nitrogens with two attached hydrogens (primary N) is 1. The summed E-state index contributed by atoms with van der Waals surface area (Å²) >= 11 is 5.25. The van der Waals surface area contributed by atoms with Gasteiger partial charge >= 0.3 is 0 Å². The van der Waals surface area contributed by atoms with Crippen LogP contribution in [-0.4, -0.2) is 24.1 Å². The molecule has 0 saturated heterocycles. The standard InChI is InChI=1S/C15H18BrN3OS/c1-10(8-12-4-3-7-21-12)19(2)11-5-6-13(14(16)9-11)15(17)18-20/h3-7,9-10,20H,8H2,1-2H3,(H2,17,18). The maximum absolute atomic E-state index is 8.76. The molecular weight excluding hydrogens is 350 g/mol. The van der Waals surface area contributed by atoms with Crippen molar-refractivity contribution in [1.82, 2.24) is 0 Å². The Labute approximate surface area is 137 Å². The maximum atomic E-state index is 8.76. The van der Waals surface area contributed by atoms with E-state index in [2.05, 4.69) is 57.5 Å². The third-order valence-electron chi connectivity index (χ3n) is 3.48. The van der Waals surface area contributed by atoms with Gasteiger partial charge in [0.15, 0.2) is 5.84 Å². The minimum Gasteiger partial charge on any atom is -0.409 e. The fourth-order valence-electron chi connectivity index (χ4n) is 2.10. The molecule has 1 heterocycles. The van der Waals surface area contributed by atoms with Crippen LogP contribution in [0, 0.1) is 0 Å². The predicted octanol–water partition coefficient (Wildman–Crippen LogP) is 3.67. The molecule has 1 atom stereocenters. The SMILES string of the molecule is CC(Cc1cccs1)N(C)c1ccc(/C(N)=N/O)c(Br)c1. The van der Waals surface area contributed by atoms with Crippen LogP contribution in [0.4, 0.5) is 5.69 Å². The molecule has 1 unspecified atom stereocenters. The number of rotatable bonds is 5. The molecule has 21 heavy (non-hydrogen) atoms. The monoisotopic (exact) mass is 367 g/mol. The van der Waals surface area contributed by atoms with Gasteiger partial charge in [0.25, 0.3) is 0 Å². The Bertz CT molecular complexity index is 628. The highest BCUT2D eigenvalue weighted by atomic mass is 79.9. The molecule has 3 N–H and O–H groups in total. The molecule has 0 amide bonds. The van der Waals surface area contributed by atoms with Crippen molar-refractivity contribution in [1.29, 1.82) is 0 Å². The average molecular weight is 368 g/mol. The van der Waals surface area contributed by atoms with Crippen molar-refractivity contribution >= 4 is 38.8 Å². The van der Waals surface area contributed by atoms with Crippen LogP contribution >= 0.6 is 27.3 Å². The molecule has 1 aromatic carbocycles. The van der Waals surface area contributed by atoms with E-state index in [1.165, 1.54) is 4.88 Å². The largest absolute Gasteiger partial charge is 0.409 e. The number of anilines is 1. The summed E-state index contributed by atoms with van der Waals surface area (Å²) in [5.74, 6) is 0.0997. The average Bonchev–Trinajstić information content (AvgIpc) is 2.98. The number of hydrogen-bond donors (Lipinski definition) is 2. The second-order valence-corrected chi connectivity index (χ2v) is 6.78.